The molecule has 2 amide bonds. The van der Waals surface area contributed by atoms with Gasteiger partial charge in [0.1, 0.15) is 5.75 Å². The van der Waals surface area contributed by atoms with Crippen molar-refractivity contribution in [2.24, 2.45) is 0 Å². The van der Waals surface area contributed by atoms with E-state index in [9.17, 15) is 14.0 Å². The van der Waals surface area contributed by atoms with Crippen LogP contribution < -0.4 is 20.3 Å². The molecule has 7 heteroatoms. The summed E-state index contributed by atoms with van der Waals surface area (Å²) in [5, 5.41) is 0. The first kappa shape index (κ1) is 18.3. The second-order valence-electron chi connectivity index (χ2n) is 5.24. The molecule has 2 unspecified atom stereocenters. The second-order valence-corrected chi connectivity index (χ2v) is 5.24. The number of benzene rings is 2. The molecule has 0 saturated carbocycles. The molecule has 0 aliphatic carbocycles. The third-order valence-electron chi connectivity index (χ3n) is 3.24. The Bertz CT molecular complexity index is 724. The van der Waals surface area contributed by atoms with Gasteiger partial charge in [0.05, 0.1) is 0 Å². The minimum Gasteiger partial charge on any atom is -0.481 e. The quantitative estimate of drug-likeness (QED) is 0.786. The smallest absolute Gasteiger partial charge is 0.279 e. The van der Waals surface area contributed by atoms with E-state index in [4.69, 9.17) is 9.47 Å². The molecule has 0 heterocycles. The fraction of sp³-hybridized carbons (Fsp3) is 0.222. The highest BCUT2D eigenvalue weighted by Crippen LogP contribution is 2.16. The van der Waals surface area contributed by atoms with Crippen LogP contribution in [0.1, 0.15) is 13.8 Å². The fourth-order valence-electron chi connectivity index (χ4n) is 1.87. The molecule has 0 aliphatic heterocycles. The zero-order valence-electron chi connectivity index (χ0n) is 13.9. The summed E-state index contributed by atoms with van der Waals surface area (Å²) in [4.78, 5) is 23.9. The van der Waals surface area contributed by atoms with Crippen LogP contribution in [0.5, 0.6) is 11.5 Å². The van der Waals surface area contributed by atoms with E-state index in [-0.39, 0.29) is 5.75 Å². The Hall–Kier alpha value is -3.09. The predicted octanol–water partition coefficient (Wildman–Crippen LogP) is 2.21. The van der Waals surface area contributed by atoms with E-state index in [1.54, 1.807) is 37.3 Å². The van der Waals surface area contributed by atoms with E-state index in [1.807, 2.05) is 6.07 Å². The van der Waals surface area contributed by atoms with Gasteiger partial charge in [0.25, 0.3) is 11.8 Å². The number of hydrogen-bond acceptors (Lipinski definition) is 4. The Morgan fingerprint density at radius 3 is 1.96 bits per heavy atom. The molecular weight excluding hydrogens is 327 g/mol. The van der Waals surface area contributed by atoms with Gasteiger partial charge in [0.2, 0.25) is 0 Å². The molecule has 2 aromatic rings. The average molecular weight is 346 g/mol. The minimum absolute atomic E-state index is 0.0442. The number of nitrogens with one attached hydrogen (secondary N) is 2. The molecule has 2 aromatic carbocycles. The molecule has 2 N–H and O–H groups in total. The minimum atomic E-state index is -0.998. The van der Waals surface area contributed by atoms with E-state index in [0.29, 0.717) is 5.75 Å². The molecule has 2 atom stereocenters. The zero-order valence-corrected chi connectivity index (χ0v) is 13.9. The highest BCUT2D eigenvalue weighted by atomic mass is 19.1. The highest BCUT2D eigenvalue weighted by molar-refractivity contribution is 5.86. The van der Waals surface area contributed by atoms with Crippen LogP contribution >= 0.6 is 0 Å². The third kappa shape index (κ3) is 5.49. The van der Waals surface area contributed by atoms with Crippen LogP contribution in [-0.4, -0.2) is 24.0 Å². The lowest BCUT2D eigenvalue weighted by atomic mass is 10.3. The van der Waals surface area contributed by atoms with Gasteiger partial charge in [-0.2, -0.15) is 0 Å². The van der Waals surface area contributed by atoms with Crippen molar-refractivity contribution in [3.8, 4) is 11.5 Å². The van der Waals surface area contributed by atoms with E-state index in [0.717, 1.165) is 0 Å². The molecule has 0 radical (unpaired) electrons. The van der Waals surface area contributed by atoms with Gasteiger partial charge < -0.3 is 9.47 Å². The first-order chi connectivity index (χ1) is 12.0. The Morgan fingerprint density at radius 1 is 0.840 bits per heavy atom. The van der Waals surface area contributed by atoms with E-state index < -0.39 is 29.8 Å². The molecule has 25 heavy (non-hydrogen) atoms. The zero-order chi connectivity index (χ0) is 18.2. The molecule has 0 bridgehead atoms. The van der Waals surface area contributed by atoms with Crippen molar-refractivity contribution < 1.29 is 23.5 Å². The third-order valence-corrected chi connectivity index (χ3v) is 3.24. The van der Waals surface area contributed by atoms with Crippen molar-refractivity contribution in [3.05, 3.63) is 60.4 Å². The first-order valence-electron chi connectivity index (χ1n) is 7.70. The van der Waals surface area contributed by atoms with Gasteiger partial charge in [-0.05, 0) is 38.1 Å². The predicted molar refractivity (Wildman–Crippen MR) is 89.3 cm³/mol. The number of para-hydroxylation sites is 2. The van der Waals surface area contributed by atoms with Gasteiger partial charge in [-0.1, -0.05) is 30.3 Å². The van der Waals surface area contributed by atoms with Crippen molar-refractivity contribution in [2.75, 3.05) is 0 Å². The van der Waals surface area contributed by atoms with Crippen LogP contribution in [0.15, 0.2) is 54.6 Å². The number of ether oxygens (including phenoxy) is 2. The lowest BCUT2D eigenvalue weighted by Crippen LogP contribution is -2.50. The number of hydrogen-bond donors (Lipinski definition) is 2. The maximum atomic E-state index is 13.5. The number of halogens is 1. The summed E-state index contributed by atoms with van der Waals surface area (Å²) in [5.74, 6) is -1.24. The molecule has 132 valence electrons. The molecule has 6 nitrogen and oxygen atoms in total. The molecular formula is C18H19FN2O4. The van der Waals surface area contributed by atoms with Gasteiger partial charge >= 0.3 is 0 Å². The van der Waals surface area contributed by atoms with Crippen LogP contribution in [0.25, 0.3) is 0 Å². The molecule has 0 aromatic heterocycles. The molecule has 0 spiro atoms. The Kier molecular flexibility index (Phi) is 6.33. The second kappa shape index (κ2) is 8.68. The fourth-order valence-corrected chi connectivity index (χ4v) is 1.87. The summed E-state index contributed by atoms with van der Waals surface area (Å²) in [6, 6.07) is 14.6. The molecule has 0 fully saturated rings. The van der Waals surface area contributed by atoms with E-state index >= 15 is 0 Å². The summed E-state index contributed by atoms with van der Waals surface area (Å²) in [5.41, 5.74) is 4.47. The Morgan fingerprint density at radius 2 is 1.36 bits per heavy atom. The summed E-state index contributed by atoms with van der Waals surface area (Å²) in [6.07, 6.45) is -1.81. The van der Waals surface area contributed by atoms with Crippen molar-refractivity contribution >= 4 is 11.8 Å². The topological polar surface area (TPSA) is 76.7 Å². The monoisotopic (exact) mass is 346 g/mol. The highest BCUT2D eigenvalue weighted by Gasteiger charge is 2.19. The number of amides is 2. The van der Waals surface area contributed by atoms with Gasteiger partial charge in [-0.15, -0.1) is 0 Å². The van der Waals surface area contributed by atoms with Gasteiger partial charge in [0, 0.05) is 0 Å². The largest absolute Gasteiger partial charge is 0.481 e. The number of carbonyl (C=O) groups excluding carboxylic acids is 2. The Balaban J connectivity index is 1.80. The van der Waals surface area contributed by atoms with E-state index in [2.05, 4.69) is 10.9 Å². The number of hydrazine groups is 1. The van der Waals surface area contributed by atoms with Crippen LogP contribution in [-0.2, 0) is 9.59 Å². The van der Waals surface area contributed by atoms with Crippen LogP contribution in [0, 0.1) is 5.82 Å². The normalized spacial score (nSPS) is 12.6. The van der Waals surface area contributed by atoms with Crippen LogP contribution in [0.3, 0.4) is 0 Å². The van der Waals surface area contributed by atoms with Crippen LogP contribution in [0.2, 0.25) is 0 Å². The van der Waals surface area contributed by atoms with Gasteiger partial charge in [-0.3, -0.25) is 20.4 Å². The lowest BCUT2D eigenvalue weighted by molar-refractivity contribution is -0.135. The van der Waals surface area contributed by atoms with Gasteiger partial charge in [0.15, 0.2) is 23.8 Å². The maximum absolute atomic E-state index is 13.5. The SMILES string of the molecule is CC(Oc1ccccc1)C(=O)NNC(=O)C(C)Oc1ccccc1F. The van der Waals surface area contributed by atoms with Crippen molar-refractivity contribution in [3.63, 3.8) is 0 Å². The first-order valence-corrected chi connectivity index (χ1v) is 7.70. The van der Waals surface area contributed by atoms with Crippen molar-refractivity contribution in [1.29, 1.82) is 0 Å². The molecule has 0 saturated heterocycles. The maximum Gasteiger partial charge on any atom is 0.279 e. The summed E-state index contributed by atoms with van der Waals surface area (Å²) >= 11 is 0. The molecule has 0 aliphatic rings. The molecule has 2 rings (SSSR count). The summed E-state index contributed by atoms with van der Waals surface area (Å²) < 4.78 is 24.2. The van der Waals surface area contributed by atoms with Crippen molar-refractivity contribution in [2.45, 2.75) is 26.1 Å². The van der Waals surface area contributed by atoms with Crippen LogP contribution in [0.4, 0.5) is 4.39 Å². The number of carbonyl (C=O) groups is 2. The summed E-state index contributed by atoms with van der Waals surface area (Å²) in [7, 11) is 0. The average Bonchev–Trinajstić information content (AvgIpc) is 2.62. The summed E-state index contributed by atoms with van der Waals surface area (Å²) in [6.45, 7) is 2.99. The Labute approximate surface area is 144 Å². The number of rotatable bonds is 6. The van der Waals surface area contributed by atoms with Crippen molar-refractivity contribution in [1.82, 2.24) is 10.9 Å². The standard InChI is InChI=1S/C18H19FN2O4/c1-12(24-14-8-4-3-5-9-14)17(22)20-21-18(23)13(2)25-16-11-7-6-10-15(16)19/h3-13H,1-2H3,(H,20,22)(H,21,23). The van der Waals surface area contributed by atoms with E-state index in [1.165, 1.54) is 25.1 Å². The lowest BCUT2D eigenvalue weighted by Gasteiger charge is -2.17. The van der Waals surface area contributed by atoms with Gasteiger partial charge in [-0.25, -0.2) is 4.39 Å².